The molecule has 20 heavy (non-hydrogen) atoms. The van der Waals surface area contributed by atoms with Crippen LogP contribution in [-0.4, -0.2) is 35.4 Å². The third-order valence-electron chi connectivity index (χ3n) is 3.33. The second kappa shape index (κ2) is 7.69. The minimum absolute atomic E-state index is 0.0523. The Morgan fingerprint density at radius 3 is 3.00 bits per heavy atom. The number of amides is 2. The summed E-state index contributed by atoms with van der Waals surface area (Å²) in [5, 5.41) is 8.07. The van der Waals surface area contributed by atoms with Gasteiger partial charge in [0.25, 0.3) is 5.91 Å². The molecule has 2 atom stereocenters. The molecule has 0 radical (unpaired) electrons. The Morgan fingerprint density at radius 2 is 2.30 bits per heavy atom. The zero-order chi connectivity index (χ0) is 14.4. The first-order chi connectivity index (χ1) is 9.70. The van der Waals surface area contributed by atoms with Crippen molar-refractivity contribution in [3.63, 3.8) is 0 Å². The fourth-order valence-corrected chi connectivity index (χ4v) is 4.26. The SMILES string of the molecule is CCS[C@@H]1CCC[C@H]1NC(=O)CNC(=O)c1cccs1. The molecule has 1 heterocycles. The van der Waals surface area contributed by atoms with Gasteiger partial charge in [0.1, 0.15) is 0 Å². The number of carbonyl (C=O) groups is 2. The van der Waals surface area contributed by atoms with Crippen molar-refractivity contribution >= 4 is 34.9 Å². The quantitative estimate of drug-likeness (QED) is 0.847. The van der Waals surface area contributed by atoms with Gasteiger partial charge >= 0.3 is 0 Å². The molecule has 110 valence electrons. The van der Waals surface area contributed by atoms with Crippen molar-refractivity contribution in [2.75, 3.05) is 12.3 Å². The minimum atomic E-state index is -0.180. The molecule has 0 aliphatic heterocycles. The Morgan fingerprint density at radius 1 is 1.45 bits per heavy atom. The van der Waals surface area contributed by atoms with Crippen LogP contribution >= 0.6 is 23.1 Å². The summed E-state index contributed by atoms with van der Waals surface area (Å²) in [6, 6.07) is 3.83. The van der Waals surface area contributed by atoms with Crippen LogP contribution in [0, 0.1) is 0 Å². The highest BCUT2D eigenvalue weighted by Crippen LogP contribution is 2.29. The molecule has 2 N–H and O–H groups in total. The van der Waals surface area contributed by atoms with Crippen LogP contribution in [-0.2, 0) is 4.79 Å². The maximum absolute atomic E-state index is 11.9. The first-order valence-corrected chi connectivity index (χ1v) is 8.86. The minimum Gasteiger partial charge on any atom is -0.351 e. The second-order valence-corrected chi connectivity index (χ2v) is 7.22. The van der Waals surface area contributed by atoms with Gasteiger partial charge in [0.15, 0.2) is 0 Å². The van der Waals surface area contributed by atoms with Crippen molar-refractivity contribution in [3.05, 3.63) is 22.4 Å². The van der Waals surface area contributed by atoms with Crippen LogP contribution in [0.1, 0.15) is 35.9 Å². The molecule has 2 amide bonds. The first kappa shape index (κ1) is 15.4. The zero-order valence-electron chi connectivity index (χ0n) is 11.6. The van der Waals surface area contributed by atoms with E-state index in [4.69, 9.17) is 0 Å². The van der Waals surface area contributed by atoms with Gasteiger partial charge in [0, 0.05) is 11.3 Å². The molecule has 1 aromatic rings. The highest BCUT2D eigenvalue weighted by atomic mass is 32.2. The van der Waals surface area contributed by atoms with E-state index in [0.717, 1.165) is 12.2 Å². The van der Waals surface area contributed by atoms with E-state index >= 15 is 0 Å². The van der Waals surface area contributed by atoms with E-state index in [2.05, 4.69) is 17.6 Å². The summed E-state index contributed by atoms with van der Waals surface area (Å²) in [4.78, 5) is 24.3. The number of nitrogens with one attached hydrogen (secondary N) is 2. The summed E-state index contributed by atoms with van der Waals surface area (Å²) in [5.41, 5.74) is 0. The van der Waals surface area contributed by atoms with E-state index in [1.165, 1.54) is 24.2 Å². The van der Waals surface area contributed by atoms with Crippen LogP contribution in [0.3, 0.4) is 0 Å². The molecule has 0 saturated heterocycles. The predicted molar refractivity (Wildman–Crippen MR) is 84.4 cm³/mol. The van der Waals surface area contributed by atoms with Crippen LogP contribution in [0.2, 0.25) is 0 Å². The van der Waals surface area contributed by atoms with Crippen molar-refractivity contribution in [2.24, 2.45) is 0 Å². The Bertz CT molecular complexity index is 448. The second-order valence-electron chi connectivity index (χ2n) is 4.76. The van der Waals surface area contributed by atoms with Crippen LogP contribution in [0.4, 0.5) is 0 Å². The summed E-state index contributed by atoms with van der Waals surface area (Å²) in [5.74, 6) is 0.802. The molecule has 0 unspecified atom stereocenters. The van der Waals surface area contributed by atoms with Gasteiger partial charge in [-0.2, -0.15) is 11.8 Å². The number of thioether (sulfide) groups is 1. The van der Waals surface area contributed by atoms with Gasteiger partial charge in [-0.15, -0.1) is 11.3 Å². The Hall–Kier alpha value is -1.01. The molecule has 4 nitrogen and oxygen atoms in total. The van der Waals surface area contributed by atoms with Crippen molar-refractivity contribution in [1.29, 1.82) is 0 Å². The monoisotopic (exact) mass is 312 g/mol. The third-order valence-corrected chi connectivity index (χ3v) is 5.53. The van der Waals surface area contributed by atoms with E-state index in [-0.39, 0.29) is 24.4 Å². The van der Waals surface area contributed by atoms with Gasteiger partial charge in [0.05, 0.1) is 11.4 Å². The third kappa shape index (κ3) is 4.24. The molecule has 0 spiro atoms. The topological polar surface area (TPSA) is 58.2 Å². The lowest BCUT2D eigenvalue weighted by Gasteiger charge is -2.20. The van der Waals surface area contributed by atoms with E-state index in [1.54, 1.807) is 6.07 Å². The standard InChI is InChI=1S/C14H20N2O2S2/c1-2-19-11-6-3-5-10(11)16-13(17)9-15-14(18)12-7-4-8-20-12/h4,7-8,10-11H,2-3,5-6,9H2,1H3,(H,15,18)(H,16,17)/t10-,11-/m1/s1. The van der Waals surface area contributed by atoms with Crippen molar-refractivity contribution in [3.8, 4) is 0 Å². The summed E-state index contributed by atoms with van der Waals surface area (Å²) >= 11 is 3.29. The molecule has 6 heteroatoms. The Balaban J connectivity index is 1.74. The molecular formula is C14H20N2O2S2. The average Bonchev–Trinajstić information content (AvgIpc) is 3.09. The summed E-state index contributed by atoms with van der Waals surface area (Å²) in [6.07, 6.45) is 3.39. The van der Waals surface area contributed by atoms with Crippen molar-refractivity contribution < 1.29 is 9.59 Å². The first-order valence-electron chi connectivity index (χ1n) is 6.93. The summed E-state index contributed by atoms with van der Waals surface area (Å²) < 4.78 is 0. The number of rotatable bonds is 6. The summed E-state index contributed by atoms with van der Waals surface area (Å²) in [7, 11) is 0. The number of hydrogen-bond donors (Lipinski definition) is 2. The maximum atomic E-state index is 11.9. The zero-order valence-corrected chi connectivity index (χ0v) is 13.2. The molecular weight excluding hydrogens is 292 g/mol. The van der Waals surface area contributed by atoms with Gasteiger partial charge < -0.3 is 10.6 Å². The number of hydrogen-bond acceptors (Lipinski definition) is 4. The summed E-state index contributed by atoms with van der Waals surface area (Å²) in [6.45, 7) is 2.19. The normalized spacial score (nSPS) is 21.6. The lowest BCUT2D eigenvalue weighted by Crippen LogP contribution is -2.44. The van der Waals surface area contributed by atoms with Gasteiger partial charge in [-0.05, 0) is 30.0 Å². The van der Waals surface area contributed by atoms with Crippen LogP contribution in [0.15, 0.2) is 17.5 Å². The van der Waals surface area contributed by atoms with Crippen molar-refractivity contribution in [2.45, 2.75) is 37.5 Å². The molecule has 0 bridgehead atoms. The smallest absolute Gasteiger partial charge is 0.261 e. The molecule has 1 fully saturated rings. The van der Waals surface area contributed by atoms with Gasteiger partial charge in [-0.3, -0.25) is 9.59 Å². The van der Waals surface area contributed by atoms with E-state index < -0.39 is 0 Å². The Kier molecular flexibility index (Phi) is 5.91. The highest BCUT2D eigenvalue weighted by molar-refractivity contribution is 7.99. The largest absolute Gasteiger partial charge is 0.351 e. The van der Waals surface area contributed by atoms with Crippen LogP contribution < -0.4 is 10.6 Å². The van der Waals surface area contributed by atoms with Gasteiger partial charge in [-0.1, -0.05) is 19.4 Å². The van der Waals surface area contributed by atoms with Gasteiger partial charge in [0.2, 0.25) is 5.91 Å². The Labute approximate surface area is 127 Å². The fraction of sp³-hybridized carbons (Fsp3) is 0.571. The maximum Gasteiger partial charge on any atom is 0.261 e. The number of carbonyl (C=O) groups excluding carboxylic acids is 2. The molecule has 1 aliphatic rings. The molecule has 1 aliphatic carbocycles. The molecule has 2 rings (SSSR count). The van der Waals surface area contributed by atoms with Crippen LogP contribution in [0.25, 0.3) is 0 Å². The number of thiophene rings is 1. The molecule has 1 saturated carbocycles. The van der Waals surface area contributed by atoms with E-state index in [0.29, 0.717) is 10.1 Å². The lowest BCUT2D eigenvalue weighted by molar-refractivity contribution is -0.120. The highest BCUT2D eigenvalue weighted by Gasteiger charge is 2.28. The lowest BCUT2D eigenvalue weighted by atomic mass is 10.2. The fourth-order valence-electron chi connectivity index (χ4n) is 2.42. The van der Waals surface area contributed by atoms with Crippen molar-refractivity contribution in [1.82, 2.24) is 10.6 Å². The van der Waals surface area contributed by atoms with E-state index in [1.807, 2.05) is 23.2 Å². The molecule has 1 aromatic heterocycles. The molecule has 0 aromatic carbocycles. The van der Waals surface area contributed by atoms with E-state index in [9.17, 15) is 9.59 Å². The average molecular weight is 312 g/mol. The predicted octanol–water partition coefficient (Wildman–Crippen LogP) is 2.27. The van der Waals surface area contributed by atoms with Crippen LogP contribution in [0.5, 0.6) is 0 Å². The van der Waals surface area contributed by atoms with Gasteiger partial charge in [-0.25, -0.2) is 0 Å².